The van der Waals surface area contributed by atoms with Gasteiger partial charge in [-0.25, -0.2) is 13.9 Å². The molecule has 7 heteroatoms. The van der Waals surface area contributed by atoms with E-state index >= 15 is 4.39 Å². The zero-order chi connectivity index (χ0) is 27.6. The molecular formula is C33H24FN3O3. The molecule has 1 saturated carbocycles. The van der Waals surface area contributed by atoms with E-state index in [-0.39, 0.29) is 17.4 Å². The molecule has 1 spiro atoms. The quantitative estimate of drug-likeness (QED) is 0.264. The number of carbonyl (C=O) groups excluding carboxylic acids is 1. The molecule has 0 saturated heterocycles. The van der Waals surface area contributed by atoms with Gasteiger partial charge in [-0.1, -0.05) is 48.5 Å². The number of carboxylic acids is 1. The van der Waals surface area contributed by atoms with Crippen LogP contribution in [0.1, 0.15) is 39.4 Å². The van der Waals surface area contributed by atoms with Crippen molar-refractivity contribution in [1.82, 2.24) is 9.78 Å². The van der Waals surface area contributed by atoms with Crippen LogP contribution in [0.3, 0.4) is 0 Å². The van der Waals surface area contributed by atoms with Crippen LogP contribution in [0.15, 0.2) is 97.3 Å². The van der Waals surface area contributed by atoms with Crippen molar-refractivity contribution >= 4 is 17.6 Å². The number of aromatic nitrogens is 2. The molecule has 1 amide bonds. The fourth-order valence-corrected chi connectivity index (χ4v) is 5.99. The summed E-state index contributed by atoms with van der Waals surface area (Å²) < 4.78 is 17.1. The Labute approximate surface area is 229 Å². The highest BCUT2D eigenvalue weighted by Crippen LogP contribution is 2.65. The first-order chi connectivity index (χ1) is 19.3. The Bertz CT molecular complexity index is 1810. The normalized spacial score (nSPS) is 18.9. The van der Waals surface area contributed by atoms with Gasteiger partial charge in [-0.2, -0.15) is 5.10 Å². The molecule has 2 aliphatic rings. The molecule has 2 unspecified atom stereocenters. The fraction of sp³-hybridized carbons (Fsp3) is 0.121. The molecule has 7 rings (SSSR count). The van der Waals surface area contributed by atoms with Crippen LogP contribution in [0, 0.1) is 12.7 Å². The number of nitrogens with zero attached hydrogens (tertiary/aromatic N) is 2. The summed E-state index contributed by atoms with van der Waals surface area (Å²) >= 11 is 0. The fourth-order valence-electron chi connectivity index (χ4n) is 5.99. The summed E-state index contributed by atoms with van der Waals surface area (Å²) in [5, 5.41) is 16.7. The number of rotatable bonds is 5. The molecule has 1 aliphatic heterocycles. The number of nitrogens with one attached hydrogen (secondary N) is 1. The average Bonchev–Trinajstić information content (AvgIpc) is 3.34. The predicted octanol–water partition coefficient (Wildman–Crippen LogP) is 6.73. The molecule has 1 aromatic heterocycles. The molecule has 1 aliphatic carbocycles. The van der Waals surface area contributed by atoms with Crippen molar-refractivity contribution in [3.05, 3.63) is 125 Å². The van der Waals surface area contributed by atoms with Crippen molar-refractivity contribution in [2.24, 2.45) is 0 Å². The Hall–Kier alpha value is -5.04. The number of anilines is 1. The average molecular weight is 530 g/mol. The lowest BCUT2D eigenvalue weighted by Crippen LogP contribution is -2.21. The Kier molecular flexibility index (Phi) is 5.25. The minimum Gasteiger partial charge on any atom is -0.478 e. The van der Waals surface area contributed by atoms with E-state index < -0.39 is 17.2 Å². The zero-order valence-electron chi connectivity index (χ0n) is 21.6. The van der Waals surface area contributed by atoms with Crippen LogP contribution in [0.5, 0.6) is 0 Å². The van der Waals surface area contributed by atoms with Gasteiger partial charge in [-0.05, 0) is 83.1 Å². The number of fused-ring (bicyclic) bond motifs is 2. The number of carboxylic acid groups (broad SMARTS) is 1. The van der Waals surface area contributed by atoms with Crippen LogP contribution in [-0.2, 0) is 10.2 Å². The smallest absolute Gasteiger partial charge is 0.335 e. The first-order valence-corrected chi connectivity index (χ1v) is 13.1. The molecule has 2 heterocycles. The van der Waals surface area contributed by atoms with Gasteiger partial charge in [0, 0.05) is 29.6 Å². The van der Waals surface area contributed by atoms with Gasteiger partial charge in [0.2, 0.25) is 5.91 Å². The van der Waals surface area contributed by atoms with Crippen molar-refractivity contribution in [1.29, 1.82) is 0 Å². The van der Waals surface area contributed by atoms with E-state index in [9.17, 15) is 14.7 Å². The Morgan fingerprint density at radius 1 is 1.00 bits per heavy atom. The molecule has 4 aromatic carbocycles. The van der Waals surface area contributed by atoms with E-state index in [1.807, 2.05) is 66.9 Å². The molecule has 1 fully saturated rings. The predicted molar refractivity (Wildman–Crippen MR) is 150 cm³/mol. The molecule has 2 N–H and O–H groups in total. The summed E-state index contributed by atoms with van der Waals surface area (Å²) in [7, 11) is 0. The molecule has 196 valence electrons. The van der Waals surface area contributed by atoms with Gasteiger partial charge in [0.25, 0.3) is 0 Å². The van der Waals surface area contributed by atoms with Crippen LogP contribution in [0.4, 0.5) is 10.1 Å². The molecule has 0 bridgehead atoms. The summed E-state index contributed by atoms with van der Waals surface area (Å²) in [6.45, 7) is 1.75. The molecule has 5 aromatic rings. The van der Waals surface area contributed by atoms with Crippen LogP contribution >= 0.6 is 0 Å². The molecule has 40 heavy (non-hydrogen) atoms. The highest BCUT2D eigenvalue weighted by atomic mass is 19.1. The van der Waals surface area contributed by atoms with Crippen molar-refractivity contribution in [2.45, 2.75) is 24.7 Å². The van der Waals surface area contributed by atoms with Crippen molar-refractivity contribution in [2.75, 3.05) is 5.32 Å². The molecule has 2 atom stereocenters. The Morgan fingerprint density at radius 3 is 2.38 bits per heavy atom. The number of halogens is 1. The van der Waals surface area contributed by atoms with Crippen LogP contribution in [-0.4, -0.2) is 26.8 Å². The van der Waals surface area contributed by atoms with Crippen LogP contribution in [0.2, 0.25) is 0 Å². The third-order valence-electron chi connectivity index (χ3n) is 8.26. The number of hydrogen-bond donors (Lipinski definition) is 2. The Balaban J connectivity index is 1.20. The molecule has 6 nitrogen and oxygen atoms in total. The maximum atomic E-state index is 15.3. The second-order valence-corrected chi connectivity index (χ2v) is 10.5. The molecular weight excluding hydrogens is 505 g/mol. The minimum atomic E-state index is -0.994. The summed E-state index contributed by atoms with van der Waals surface area (Å²) in [5.74, 6) is -1.74. The van der Waals surface area contributed by atoms with Crippen LogP contribution < -0.4 is 5.32 Å². The maximum absolute atomic E-state index is 15.3. The van der Waals surface area contributed by atoms with E-state index in [1.165, 1.54) is 6.07 Å². The summed E-state index contributed by atoms with van der Waals surface area (Å²) in [4.78, 5) is 24.9. The topological polar surface area (TPSA) is 84.2 Å². The number of hydrogen-bond acceptors (Lipinski definition) is 3. The largest absolute Gasteiger partial charge is 0.478 e. The van der Waals surface area contributed by atoms with Crippen molar-refractivity contribution in [3.63, 3.8) is 0 Å². The number of benzene rings is 4. The highest BCUT2D eigenvalue weighted by Gasteiger charge is 2.65. The van der Waals surface area contributed by atoms with Gasteiger partial charge in [-0.15, -0.1) is 0 Å². The first kappa shape index (κ1) is 24.0. The maximum Gasteiger partial charge on any atom is 0.335 e. The SMILES string of the molecule is Cc1ccc(C2CC23C(=O)Nc2cc(F)c(-c4ccc(-c5ccc(-n6cccn6)cc5)cc4)cc23)cc1C(=O)O. The minimum absolute atomic E-state index is 0.169. The van der Waals surface area contributed by atoms with E-state index in [2.05, 4.69) is 10.4 Å². The van der Waals surface area contributed by atoms with Crippen molar-refractivity contribution in [3.8, 4) is 27.9 Å². The molecule has 0 radical (unpaired) electrons. The van der Waals surface area contributed by atoms with Crippen molar-refractivity contribution < 1.29 is 19.1 Å². The van der Waals surface area contributed by atoms with E-state index in [0.717, 1.165) is 27.9 Å². The van der Waals surface area contributed by atoms with Gasteiger partial charge in [0.1, 0.15) is 5.82 Å². The zero-order valence-corrected chi connectivity index (χ0v) is 21.6. The van der Waals surface area contributed by atoms with Gasteiger partial charge in [0.15, 0.2) is 0 Å². The summed E-state index contributed by atoms with van der Waals surface area (Å²) in [6.07, 6.45) is 4.17. The lowest BCUT2D eigenvalue weighted by molar-refractivity contribution is -0.118. The van der Waals surface area contributed by atoms with E-state index in [1.54, 1.807) is 36.0 Å². The summed E-state index contributed by atoms with van der Waals surface area (Å²) in [5.41, 5.74) is 6.26. The lowest BCUT2D eigenvalue weighted by Gasteiger charge is -2.13. The monoisotopic (exact) mass is 529 g/mol. The number of carbonyl (C=O) groups is 2. The number of aromatic carboxylic acids is 1. The van der Waals surface area contributed by atoms with Gasteiger partial charge in [-0.3, -0.25) is 4.79 Å². The van der Waals surface area contributed by atoms with Gasteiger partial charge in [0.05, 0.1) is 16.7 Å². The third kappa shape index (κ3) is 3.66. The number of amides is 1. The van der Waals surface area contributed by atoms with Gasteiger partial charge >= 0.3 is 5.97 Å². The van der Waals surface area contributed by atoms with Gasteiger partial charge < -0.3 is 10.4 Å². The van der Waals surface area contributed by atoms with E-state index in [0.29, 0.717) is 28.8 Å². The highest BCUT2D eigenvalue weighted by molar-refractivity contribution is 6.10. The third-order valence-corrected chi connectivity index (χ3v) is 8.26. The second-order valence-electron chi connectivity index (χ2n) is 10.5. The number of aryl methyl sites for hydroxylation is 1. The summed E-state index contributed by atoms with van der Waals surface area (Å²) in [6, 6.07) is 26.1. The van der Waals surface area contributed by atoms with E-state index in [4.69, 9.17) is 0 Å². The lowest BCUT2D eigenvalue weighted by atomic mass is 9.88. The van der Waals surface area contributed by atoms with Crippen LogP contribution in [0.25, 0.3) is 27.9 Å². The Morgan fingerprint density at radius 2 is 1.70 bits per heavy atom. The first-order valence-electron chi connectivity index (χ1n) is 13.1. The standard InChI is InChI=1S/C33H24FN3O3/c1-19-3-4-23(15-25(19)31(38)39)28-18-33(28)27-16-26(29(34)17-30(27)36-32(33)40)22-7-5-20(6-8-22)21-9-11-24(12-10-21)37-14-2-13-35-37/h2-17,28H,18H2,1H3,(H,36,40)(H,38,39). The second kappa shape index (κ2) is 8.74.